The largest absolute Gasteiger partial charge is 0.366 e. The van der Waals surface area contributed by atoms with Crippen LogP contribution in [0.2, 0.25) is 0 Å². The molecule has 0 unspecified atom stereocenters. The lowest BCUT2D eigenvalue weighted by Crippen LogP contribution is -2.33. The van der Waals surface area contributed by atoms with Gasteiger partial charge < -0.3 is 16.0 Å². The number of carbonyl (C=O) groups excluding carboxylic acids is 3. The Morgan fingerprint density at radius 3 is 2.26 bits per heavy atom. The summed E-state index contributed by atoms with van der Waals surface area (Å²) in [6.45, 7) is 4.02. The zero-order chi connectivity index (χ0) is 20.0. The fraction of sp³-hybridized carbons (Fsp3) is 0.250. The van der Waals surface area contributed by atoms with Gasteiger partial charge in [-0.15, -0.1) is 0 Å². The van der Waals surface area contributed by atoms with Crippen LogP contribution in [0.15, 0.2) is 42.5 Å². The van der Waals surface area contributed by atoms with Gasteiger partial charge in [0.2, 0.25) is 11.8 Å². The molecule has 27 heavy (non-hydrogen) atoms. The number of primary amides is 1. The van der Waals surface area contributed by atoms with Gasteiger partial charge in [0.15, 0.2) is 0 Å². The number of amides is 3. The molecule has 0 fully saturated rings. The predicted molar refractivity (Wildman–Crippen MR) is 101 cm³/mol. The zero-order valence-electron chi connectivity index (χ0n) is 15.3. The number of benzene rings is 2. The molecule has 0 radical (unpaired) electrons. The number of nitrogens with two attached hydrogens (primary N) is 1. The second-order valence-electron chi connectivity index (χ2n) is 6.09. The van der Waals surface area contributed by atoms with E-state index in [1.54, 1.807) is 38.1 Å². The van der Waals surface area contributed by atoms with Crippen molar-refractivity contribution in [1.82, 2.24) is 4.90 Å². The Bertz CT molecular complexity index is 850. The molecular formula is C20H22FN3O3. The summed E-state index contributed by atoms with van der Waals surface area (Å²) in [6, 6.07) is 10.5. The van der Waals surface area contributed by atoms with Crippen LogP contribution in [0.1, 0.15) is 39.6 Å². The predicted octanol–water partition coefficient (Wildman–Crippen LogP) is 2.72. The quantitative estimate of drug-likeness (QED) is 0.784. The Kier molecular flexibility index (Phi) is 6.65. The summed E-state index contributed by atoms with van der Waals surface area (Å²) in [5.74, 6) is -1.58. The van der Waals surface area contributed by atoms with Crippen LogP contribution in [-0.2, 0) is 4.79 Å². The van der Waals surface area contributed by atoms with Gasteiger partial charge in [0.05, 0.1) is 0 Å². The highest BCUT2D eigenvalue weighted by atomic mass is 19.1. The minimum absolute atomic E-state index is 0.0888. The summed E-state index contributed by atoms with van der Waals surface area (Å²) < 4.78 is 13.7. The van der Waals surface area contributed by atoms with E-state index >= 15 is 0 Å². The van der Waals surface area contributed by atoms with Crippen molar-refractivity contribution < 1.29 is 18.8 Å². The number of aryl methyl sites for hydroxylation is 1. The third-order valence-corrected chi connectivity index (χ3v) is 4.15. The lowest BCUT2D eigenvalue weighted by atomic mass is 10.1. The van der Waals surface area contributed by atoms with E-state index in [1.807, 2.05) is 0 Å². The highest BCUT2D eigenvalue weighted by molar-refractivity contribution is 5.96. The molecule has 0 atom stereocenters. The molecule has 0 saturated carbocycles. The third-order valence-electron chi connectivity index (χ3n) is 4.15. The van der Waals surface area contributed by atoms with Crippen molar-refractivity contribution in [1.29, 1.82) is 0 Å². The van der Waals surface area contributed by atoms with E-state index in [1.165, 1.54) is 23.1 Å². The first-order valence-corrected chi connectivity index (χ1v) is 8.57. The van der Waals surface area contributed by atoms with Crippen LogP contribution < -0.4 is 11.1 Å². The SMILES string of the molecule is CCN(CCC(=O)Nc1ccc(C(N)=O)cc1)C(=O)c1ccc(C)c(F)c1. The molecule has 142 valence electrons. The summed E-state index contributed by atoms with van der Waals surface area (Å²) in [5.41, 5.74) is 6.77. The monoisotopic (exact) mass is 371 g/mol. The van der Waals surface area contributed by atoms with Gasteiger partial charge in [-0.05, 0) is 55.8 Å². The first kappa shape index (κ1) is 20.1. The molecule has 0 heterocycles. The van der Waals surface area contributed by atoms with E-state index in [-0.39, 0.29) is 30.3 Å². The van der Waals surface area contributed by atoms with Gasteiger partial charge in [-0.25, -0.2) is 4.39 Å². The molecule has 0 aliphatic heterocycles. The number of anilines is 1. The number of hydrogen-bond acceptors (Lipinski definition) is 3. The van der Waals surface area contributed by atoms with Crippen molar-refractivity contribution in [3.8, 4) is 0 Å². The maximum absolute atomic E-state index is 13.7. The van der Waals surface area contributed by atoms with Crippen LogP contribution in [0.5, 0.6) is 0 Å². The van der Waals surface area contributed by atoms with E-state index in [4.69, 9.17) is 5.73 Å². The van der Waals surface area contributed by atoms with Crippen LogP contribution in [-0.4, -0.2) is 35.7 Å². The van der Waals surface area contributed by atoms with Gasteiger partial charge >= 0.3 is 0 Å². The topological polar surface area (TPSA) is 92.5 Å². The van der Waals surface area contributed by atoms with E-state index < -0.39 is 11.7 Å². The van der Waals surface area contributed by atoms with Gasteiger partial charge in [-0.1, -0.05) is 6.07 Å². The van der Waals surface area contributed by atoms with Crippen LogP contribution in [0.25, 0.3) is 0 Å². The average Bonchev–Trinajstić information content (AvgIpc) is 2.64. The van der Waals surface area contributed by atoms with Crippen LogP contribution in [0, 0.1) is 12.7 Å². The van der Waals surface area contributed by atoms with Crippen molar-refractivity contribution in [2.24, 2.45) is 5.73 Å². The lowest BCUT2D eigenvalue weighted by molar-refractivity contribution is -0.116. The van der Waals surface area contributed by atoms with Crippen molar-refractivity contribution in [2.75, 3.05) is 18.4 Å². The lowest BCUT2D eigenvalue weighted by Gasteiger charge is -2.21. The number of nitrogens with zero attached hydrogens (tertiary/aromatic N) is 1. The summed E-state index contributed by atoms with van der Waals surface area (Å²) in [6.07, 6.45) is 0.0888. The minimum Gasteiger partial charge on any atom is -0.366 e. The number of hydrogen-bond donors (Lipinski definition) is 2. The first-order chi connectivity index (χ1) is 12.8. The Morgan fingerprint density at radius 2 is 1.70 bits per heavy atom. The number of carbonyl (C=O) groups is 3. The molecule has 3 N–H and O–H groups in total. The average molecular weight is 371 g/mol. The molecular weight excluding hydrogens is 349 g/mol. The molecule has 0 saturated heterocycles. The molecule has 2 aromatic rings. The van der Waals surface area contributed by atoms with Crippen LogP contribution >= 0.6 is 0 Å². The maximum atomic E-state index is 13.7. The molecule has 0 spiro atoms. The van der Waals surface area contributed by atoms with Gasteiger partial charge in [-0.3, -0.25) is 14.4 Å². The second kappa shape index (κ2) is 8.93. The molecule has 0 aliphatic carbocycles. The first-order valence-electron chi connectivity index (χ1n) is 8.57. The Balaban J connectivity index is 1.94. The van der Waals surface area contributed by atoms with Crippen LogP contribution in [0.3, 0.4) is 0 Å². The highest BCUT2D eigenvalue weighted by Gasteiger charge is 2.16. The zero-order valence-corrected chi connectivity index (χ0v) is 15.3. The Morgan fingerprint density at radius 1 is 1.07 bits per heavy atom. The third kappa shape index (κ3) is 5.37. The molecule has 0 aromatic heterocycles. The van der Waals surface area contributed by atoms with Gasteiger partial charge in [-0.2, -0.15) is 0 Å². The molecule has 0 bridgehead atoms. The van der Waals surface area contributed by atoms with Gasteiger partial charge in [0, 0.05) is 36.3 Å². The molecule has 7 heteroatoms. The number of nitrogens with one attached hydrogen (secondary N) is 1. The Labute approximate surface area is 157 Å². The minimum atomic E-state index is -0.544. The molecule has 2 rings (SSSR count). The van der Waals surface area contributed by atoms with E-state index in [0.29, 0.717) is 23.4 Å². The van der Waals surface area contributed by atoms with Gasteiger partial charge in [0.1, 0.15) is 5.82 Å². The smallest absolute Gasteiger partial charge is 0.253 e. The summed E-state index contributed by atoms with van der Waals surface area (Å²) in [5, 5.41) is 2.69. The number of rotatable bonds is 7. The van der Waals surface area contributed by atoms with Crippen LogP contribution in [0.4, 0.5) is 10.1 Å². The van der Waals surface area contributed by atoms with Crippen molar-refractivity contribution in [2.45, 2.75) is 20.3 Å². The van der Waals surface area contributed by atoms with Gasteiger partial charge in [0.25, 0.3) is 5.91 Å². The Hall–Kier alpha value is -3.22. The fourth-order valence-corrected chi connectivity index (χ4v) is 2.49. The fourth-order valence-electron chi connectivity index (χ4n) is 2.49. The standard InChI is InChI=1S/C20H22FN3O3/c1-3-24(20(27)15-5-4-13(2)17(21)12-15)11-10-18(25)23-16-8-6-14(7-9-16)19(22)26/h4-9,12H,3,10-11H2,1-2H3,(H2,22,26)(H,23,25). The highest BCUT2D eigenvalue weighted by Crippen LogP contribution is 2.13. The summed E-state index contributed by atoms with van der Waals surface area (Å²) >= 11 is 0. The molecule has 2 aromatic carbocycles. The van der Waals surface area contributed by atoms with E-state index in [9.17, 15) is 18.8 Å². The van der Waals surface area contributed by atoms with E-state index in [0.717, 1.165) is 0 Å². The number of halogens is 1. The van der Waals surface area contributed by atoms with Crippen molar-refractivity contribution in [3.05, 3.63) is 65.0 Å². The summed E-state index contributed by atoms with van der Waals surface area (Å²) in [4.78, 5) is 37.1. The molecule has 6 nitrogen and oxygen atoms in total. The summed E-state index contributed by atoms with van der Waals surface area (Å²) in [7, 11) is 0. The normalized spacial score (nSPS) is 10.3. The molecule has 0 aliphatic rings. The van der Waals surface area contributed by atoms with Crippen molar-refractivity contribution >= 4 is 23.4 Å². The van der Waals surface area contributed by atoms with Crippen molar-refractivity contribution in [3.63, 3.8) is 0 Å². The van der Waals surface area contributed by atoms with E-state index in [2.05, 4.69) is 5.32 Å². The molecule has 3 amide bonds. The second-order valence-corrected chi connectivity index (χ2v) is 6.09. The maximum Gasteiger partial charge on any atom is 0.253 e.